The zero-order valence-electron chi connectivity index (χ0n) is 15.5. The van der Waals surface area contributed by atoms with E-state index in [9.17, 15) is 9.59 Å². The standard InChI is InChI=1S/C20H27N3O3/c1-3-22(4-2)15-16-26-18-10-6-5-9-17(18)21-19(24)12-14-23-13-8-7-11-20(23)25/h5-11,13H,3-4,12,14-16H2,1-2H3,(H,21,24). The average molecular weight is 357 g/mol. The van der Waals surface area contributed by atoms with Crippen molar-refractivity contribution < 1.29 is 9.53 Å². The number of amides is 1. The molecule has 0 unspecified atom stereocenters. The Kier molecular flexibility index (Phi) is 7.89. The third kappa shape index (κ3) is 6.04. The number of rotatable bonds is 10. The second-order valence-corrected chi connectivity index (χ2v) is 5.90. The molecule has 0 fully saturated rings. The van der Waals surface area contributed by atoms with Gasteiger partial charge in [0.05, 0.1) is 5.69 Å². The van der Waals surface area contributed by atoms with Gasteiger partial charge in [0.1, 0.15) is 12.4 Å². The summed E-state index contributed by atoms with van der Waals surface area (Å²) in [6.45, 7) is 7.95. The highest BCUT2D eigenvalue weighted by Crippen LogP contribution is 2.23. The van der Waals surface area contributed by atoms with Gasteiger partial charge in [-0.3, -0.25) is 9.59 Å². The maximum atomic E-state index is 12.2. The molecule has 0 bridgehead atoms. The molecule has 0 spiro atoms. The summed E-state index contributed by atoms with van der Waals surface area (Å²) in [5.41, 5.74) is 0.540. The predicted octanol–water partition coefficient (Wildman–Crippen LogP) is 2.60. The number of carbonyl (C=O) groups is 1. The largest absolute Gasteiger partial charge is 0.490 e. The summed E-state index contributed by atoms with van der Waals surface area (Å²) in [4.78, 5) is 26.2. The summed E-state index contributed by atoms with van der Waals surface area (Å²) >= 11 is 0. The van der Waals surface area contributed by atoms with E-state index < -0.39 is 0 Å². The van der Waals surface area contributed by atoms with Crippen LogP contribution in [0.15, 0.2) is 53.5 Å². The van der Waals surface area contributed by atoms with Gasteiger partial charge < -0.3 is 19.5 Å². The number of para-hydroxylation sites is 2. The molecule has 1 heterocycles. The van der Waals surface area contributed by atoms with Crippen LogP contribution in [0.1, 0.15) is 20.3 Å². The lowest BCUT2D eigenvalue weighted by Crippen LogP contribution is -2.28. The van der Waals surface area contributed by atoms with Crippen LogP contribution in [-0.4, -0.2) is 41.6 Å². The number of carbonyl (C=O) groups excluding carboxylic acids is 1. The zero-order chi connectivity index (χ0) is 18.8. The van der Waals surface area contributed by atoms with Gasteiger partial charge in [-0.1, -0.05) is 32.0 Å². The number of aromatic nitrogens is 1. The smallest absolute Gasteiger partial charge is 0.250 e. The summed E-state index contributed by atoms with van der Waals surface area (Å²) < 4.78 is 7.36. The molecule has 6 nitrogen and oxygen atoms in total. The fraction of sp³-hybridized carbons (Fsp3) is 0.400. The van der Waals surface area contributed by atoms with Crippen molar-refractivity contribution in [3.8, 4) is 5.75 Å². The minimum Gasteiger partial charge on any atom is -0.490 e. The van der Waals surface area contributed by atoms with Gasteiger partial charge in [-0.2, -0.15) is 0 Å². The van der Waals surface area contributed by atoms with Crippen LogP contribution in [0, 0.1) is 0 Å². The van der Waals surface area contributed by atoms with Gasteiger partial charge in [-0.05, 0) is 31.3 Å². The lowest BCUT2D eigenvalue weighted by Gasteiger charge is -2.19. The highest BCUT2D eigenvalue weighted by molar-refractivity contribution is 5.92. The average Bonchev–Trinajstić information content (AvgIpc) is 2.66. The Labute approximate surface area is 154 Å². The van der Waals surface area contributed by atoms with Gasteiger partial charge in [0.25, 0.3) is 5.56 Å². The molecule has 1 aromatic carbocycles. The molecule has 0 saturated carbocycles. The van der Waals surface area contributed by atoms with Crippen LogP contribution >= 0.6 is 0 Å². The van der Waals surface area contributed by atoms with E-state index in [2.05, 4.69) is 24.1 Å². The first kappa shape index (κ1) is 19.7. The SMILES string of the molecule is CCN(CC)CCOc1ccccc1NC(=O)CCn1ccccc1=O. The number of hydrogen-bond acceptors (Lipinski definition) is 4. The predicted molar refractivity (Wildman–Crippen MR) is 104 cm³/mol. The number of anilines is 1. The second-order valence-electron chi connectivity index (χ2n) is 5.90. The number of ether oxygens (including phenoxy) is 1. The van der Waals surface area contributed by atoms with Crippen molar-refractivity contribution in [1.82, 2.24) is 9.47 Å². The molecule has 0 aliphatic carbocycles. The van der Waals surface area contributed by atoms with Crippen molar-refractivity contribution >= 4 is 11.6 Å². The minimum absolute atomic E-state index is 0.111. The molecule has 0 atom stereocenters. The first-order valence-electron chi connectivity index (χ1n) is 9.03. The maximum Gasteiger partial charge on any atom is 0.250 e. The van der Waals surface area contributed by atoms with Gasteiger partial charge in [-0.25, -0.2) is 0 Å². The molecule has 2 aromatic rings. The first-order valence-corrected chi connectivity index (χ1v) is 9.03. The van der Waals surface area contributed by atoms with Crippen LogP contribution in [0.5, 0.6) is 5.75 Å². The third-order valence-electron chi connectivity index (χ3n) is 4.20. The van der Waals surface area contributed by atoms with Crippen molar-refractivity contribution in [2.45, 2.75) is 26.8 Å². The Morgan fingerprint density at radius 1 is 1.12 bits per heavy atom. The quantitative estimate of drug-likeness (QED) is 0.710. The zero-order valence-corrected chi connectivity index (χ0v) is 15.5. The summed E-state index contributed by atoms with van der Waals surface area (Å²) in [5, 5.41) is 2.87. The molecular formula is C20H27N3O3. The molecule has 0 saturated heterocycles. The highest BCUT2D eigenvalue weighted by atomic mass is 16.5. The summed E-state index contributed by atoms with van der Waals surface area (Å²) in [6, 6.07) is 12.3. The maximum absolute atomic E-state index is 12.2. The van der Waals surface area contributed by atoms with Crippen LogP contribution in [0.2, 0.25) is 0 Å². The van der Waals surface area contributed by atoms with Crippen molar-refractivity contribution in [3.63, 3.8) is 0 Å². The van der Waals surface area contributed by atoms with E-state index in [-0.39, 0.29) is 17.9 Å². The number of nitrogens with one attached hydrogen (secondary N) is 1. The number of benzene rings is 1. The number of nitrogens with zero attached hydrogens (tertiary/aromatic N) is 2. The van der Waals surface area contributed by atoms with Gasteiger partial charge in [-0.15, -0.1) is 0 Å². The molecule has 26 heavy (non-hydrogen) atoms. The normalized spacial score (nSPS) is 10.7. The number of aryl methyl sites for hydroxylation is 1. The molecule has 1 amide bonds. The van der Waals surface area contributed by atoms with Crippen LogP contribution in [0.25, 0.3) is 0 Å². The lowest BCUT2D eigenvalue weighted by atomic mass is 10.2. The van der Waals surface area contributed by atoms with Crippen LogP contribution in [0.3, 0.4) is 0 Å². The van der Waals surface area contributed by atoms with Gasteiger partial charge >= 0.3 is 0 Å². The third-order valence-corrected chi connectivity index (χ3v) is 4.20. The van der Waals surface area contributed by atoms with Crippen molar-refractivity contribution in [2.24, 2.45) is 0 Å². The molecule has 0 radical (unpaired) electrons. The fourth-order valence-electron chi connectivity index (χ4n) is 2.60. The molecular weight excluding hydrogens is 330 g/mol. The Bertz CT molecular complexity index is 754. The van der Waals surface area contributed by atoms with Crippen molar-refractivity contribution in [3.05, 3.63) is 59.0 Å². The topological polar surface area (TPSA) is 63.6 Å². The van der Waals surface area contributed by atoms with Crippen LogP contribution in [0.4, 0.5) is 5.69 Å². The van der Waals surface area contributed by atoms with Gasteiger partial charge in [0.2, 0.25) is 5.91 Å². The minimum atomic E-state index is -0.152. The van der Waals surface area contributed by atoms with Crippen molar-refractivity contribution in [2.75, 3.05) is 31.6 Å². The fourth-order valence-corrected chi connectivity index (χ4v) is 2.60. The van der Waals surface area contributed by atoms with Crippen molar-refractivity contribution in [1.29, 1.82) is 0 Å². The van der Waals surface area contributed by atoms with E-state index in [1.807, 2.05) is 24.3 Å². The summed E-state index contributed by atoms with van der Waals surface area (Å²) in [7, 11) is 0. The molecule has 1 aromatic heterocycles. The van der Waals surface area contributed by atoms with E-state index in [0.29, 0.717) is 24.6 Å². The Morgan fingerprint density at radius 3 is 2.58 bits per heavy atom. The lowest BCUT2D eigenvalue weighted by molar-refractivity contribution is -0.116. The molecule has 140 valence electrons. The molecule has 0 aliphatic heterocycles. The highest BCUT2D eigenvalue weighted by Gasteiger charge is 2.09. The van der Waals surface area contributed by atoms with E-state index in [4.69, 9.17) is 4.74 Å². The second kappa shape index (κ2) is 10.4. The molecule has 6 heteroatoms. The van der Waals surface area contributed by atoms with Crippen LogP contribution in [-0.2, 0) is 11.3 Å². The van der Waals surface area contributed by atoms with E-state index in [0.717, 1.165) is 19.6 Å². The summed E-state index contributed by atoms with van der Waals surface area (Å²) in [6.07, 6.45) is 1.90. The molecule has 0 aliphatic rings. The number of hydrogen-bond donors (Lipinski definition) is 1. The van der Waals surface area contributed by atoms with Gasteiger partial charge in [0, 0.05) is 31.8 Å². The molecule has 2 rings (SSSR count). The monoisotopic (exact) mass is 357 g/mol. The molecule has 1 N–H and O–H groups in total. The van der Waals surface area contributed by atoms with E-state index >= 15 is 0 Å². The Morgan fingerprint density at radius 2 is 1.85 bits per heavy atom. The Hall–Kier alpha value is -2.60. The van der Waals surface area contributed by atoms with E-state index in [1.165, 1.54) is 10.6 Å². The van der Waals surface area contributed by atoms with Gasteiger partial charge in [0.15, 0.2) is 0 Å². The number of likely N-dealkylation sites (N-methyl/N-ethyl adjacent to an activating group) is 1. The van der Waals surface area contributed by atoms with Crippen LogP contribution < -0.4 is 15.6 Å². The summed E-state index contributed by atoms with van der Waals surface area (Å²) in [5.74, 6) is 0.505. The Balaban J connectivity index is 1.89. The number of pyridine rings is 1. The van der Waals surface area contributed by atoms with E-state index in [1.54, 1.807) is 18.3 Å². The first-order chi connectivity index (χ1) is 12.6.